The summed E-state index contributed by atoms with van der Waals surface area (Å²) in [4.78, 5) is 45.8. The van der Waals surface area contributed by atoms with Crippen LogP contribution in [0.2, 0.25) is 0 Å². The van der Waals surface area contributed by atoms with Crippen LogP contribution in [0.3, 0.4) is 0 Å². The molecule has 10 heteroatoms. The zero-order valence-electron chi connectivity index (χ0n) is 22.0. The number of carbonyl (C=O) groups is 1. The van der Waals surface area contributed by atoms with Gasteiger partial charge in [0.15, 0.2) is 0 Å². The van der Waals surface area contributed by atoms with E-state index in [2.05, 4.69) is 27.9 Å². The number of aromatic amines is 1. The van der Waals surface area contributed by atoms with Crippen molar-refractivity contribution in [2.24, 2.45) is 0 Å². The van der Waals surface area contributed by atoms with E-state index in [0.29, 0.717) is 40.2 Å². The second-order valence-electron chi connectivity index (χ2n) is 9.16. The molecule has 0 saturated carbocycles. The van der Waals surface area contributed by atoms with Gasteiger partial charge in [0.05, 0.1) is 35.8 Å². The first kappa shape index (κ1) is 26.9. The number of allylic oxidation sites excluding steroid dienone is 1. The van der Waals surface area contributed by atoms with Gasteiger partial charge in [0.25, 0.3) is 11.5 Å². The summed E-state index contributed by atoms with van der Waals surface area (Å²) in [6.45, 7) is 4.44. The highest BCUT2D eigenvalue weighted by Gasteiger charge is 2.17. The van der Waals surface area contributed by atoms with Crippen molar-refractivity contribution in [1.82, 2.24) is 24.4 Å². The molecule has 2 N–H and O–H groups in total. The van der Waals surface area contributed by atoms with Crippen LogP contribution in [0, 0.1) is 11.3 Å². The topological polar surface area (TPSA) is 135 Å². The largest absolute Gasteiger partial charge is 0.492 e. The van der Waals surface area contributed by atoms with E-state index in [1.165, 1.54) is 16.8 Å². The van der Waals surface area contributed by atoms with Crippen LogP contribution >= 0.6 is 0 Å². The number of hydrogen-bond donors (Lipinski definition) is 2. The standard InChI is InChI=1S/C31H26N6O4/c1-2-15-36-30(39)28-27(37(31(36)40)20-24-7-4-3-6-22(24)18-32)17-26(35-28)21-9-11-25(12-10-21)41-16-14-34-29(38)23-8-5-13-33-19-23/h2-13,17,19,35H,1,14-16,20H2,(H,34,38). The number of carbonyl (C=O) groups excluding carboxylic acids is 1. The van der Waals surface area contributed by atoms with E-state index in [-0.39, 0.29) is 31.1 Å². The van der Waals surface area contributed by atoms with Gasteiger partial charge in [-0.25, -0.2) is 4.79 Å². The Balaban J connectivity index is 1.38. The molecule has 0 saturated heterocycles. The number of ether oxygens (including phenoxy) is 1. The minimum absolute atomic E-state index is 0.0522. The van der Waals surface area contributed by atoms with Crippen LogP contribution in [0.4, 0.5) is 0 Å². The molecule has 0 aliphatic rings. The lowest BCUT2D eigenvalue weighted by atomic mass is 10.1. The maximum absolute atomic E-state index is 13.4. The van der Waals surface area contributed by atoms with Crippen LogP contribution in [0.5, 0.6) is 5.75 Å². The molecule has 0 atom stereocenters. The zero-order valence-corrected chi connectivity index (χ0v) is 22.0. The molecule has 0 aliphatic heterocycles. The predicted octanol–water partition coefficient (Wildman–Crippen LogP) is 3.47. The number of nitriles is 1. The van der Waals surface area contributed by atoms with Gasteiger partial charge in [-0.3, -0.25) is 23.7 Å². The molecule has 0 radical (unpaired) electrons. The Morgan fingerprint density at radius 2 is 1.90 bits per heavy atom. The van der Waals surface area contributed by atoms with Crippen molar-refractivity contribution in [2.75, 3.05) is 13.2 Å². The third-order valence-corrected chi connectivity index (χ3v) is 6.53. The van der Waals surface area contributed by atoms with E-state index < -0.39 is 11.2 Å². The first-order chi connectivity index (χ1) is 20.0. The average molecular weight is 547 g/mol. The lowest BCUT2D eigenvalue weighted by Gasteiger charge is -2.12. The van der Waals surface area contributed by atoms with E-state index in [1.807, 2.05) is 12.1 Å². The quantitative estimate of drug-likeness (QED) is 0.203. The van der Waals surface area contributed by atoms with Gasteiger partial charge in [0.2, 0.25) is 0 Å². The zero-order chi connectivity index (χ0) is 28.8. The minimum atomic E-state index is -0.486. The molecule has 10 nitrogen and oxygen atoms in total. The van der Waals surface area contributed by atoms with Crippen molar-refractivity contribution in [1.29, 1.82) is 5.26 Å². The molecule has 1 amide bonds. The van der Waals surface area contributed by atoms with Crippen LogP contribution < -0.4 is 21.3 Å². The SMILES string of the molecule is C=CCn1c(=O)c2[nH]c(-c3ccc(OCCNC(=O)c4cccnc4)cc3)cc2n(Cc2ccccc2C#N)c1=O. The fraction of sp³-hybridized carbons (Fsp3) is 0.129. The van der Waals surface area contributed by atoms with E-state index in [0.717, 1.165) is 10.1 Å². The second-order valence-corrected chi connectivity index (χ2v) is 9.16. The van der Waals surface area contributed by atoms with E-state index >= 15 is 0 Å². The van der Waals surface area contributed by atoms with Gasteiger partial charge < -0.3 is 15.0 Å². The number of rotatable bonds is 10. The highest BCUT2D eigenvalue weighted by Crippen LogP contribution is 2.25. The van der Waals surface area contributed by atoms with Crippen molar-refractivity contribution in [3.05, 3.63) is 129 Å². The summed E-state index contributed by atoms with van der Waals surface area (Å²) in [5.41, 5.74) is 2.81. The minimum Gasteiger partial charge on any atom is -0.492 e. The Hall–Kier alpha value is -5.69. The lowest BCUT2D eigenvalue weighted by molar-refractivity contribution is 0.0946. The van der Waals surface area contributed by atoms with E-state index in [4.69, 9.17) is 4.74 Å². The summed E-state index contributed by atoms with van der Waals surface area (Å²) in [5.74, 6) is 0.386. The monoisotopic (exact) mass is 546 g/mol. The third-order valence-electron chi connectivity index (χ3n) is 6.53. The fourth-order valence-corrected chi connectivity index (χ4v) is 4.49. The maximum Gasteiger partial charge on any atom is 0.332 e. The van der Waals surface area contributed by atoms with Gasteiger partial charge >= 0.3 is 5.69 Å². The second kappa shape index (κ2) is 12.0. The number of hydrogen-bond acceptors (Lipinski definition) is 6. The van der Waals surface area contributed by atoms with Crippen molar-refractivity contribution in [2.45, 2.75) is 13.1 Å². The Labute approximate surface area is 234 Å². The van der Waals surface area contributed by atoms with Crippen LogP contribution in [-0.2, 0) is 13.1 Å². The number of fused-ring (bicyclic) bond motifs is 1. The van der Waals surface area contributed by atoms with Crippen molar-refractivity contribution >= 4 is 16.9 Å². The van der Waals surface area contributed by atoms with Gasteiger partial charge in [-0.2, -0.15) is 5.26 Å². The van der Waals surface area contributed by atoms with E-state index in [1.54, 1.807) is 60.8 Å². The Kier molecular flexibility index (Phi) is 7.88. The molecule has 5 rings (SSSR count). The van der Waals surface area contributed by atoms with Crippen LogP contribution in [0.25, 0.3) is 22.3 Å². The third kappa shape index (κ3) is 5.69. The number of H-pyrrole nitrogens is 1. The first-order valence-corrected chi connectivity index (χ1v) is 12.9. The summed E-state index contributed by atoms with van der Waals surface area (Å²) in [6, 6.07) is 21.6. The smallest absolute Gasteiger partial charge is 0.332 e. The molecule has 3 heterocycles. The van der Waals surface area contributed by atoms with Gasteiger partial charge in [0.1, 0.15) is 17.9 Å². The van der Waals surface area contributed by atoms with Gasteiger partial charge in [0, 0.05) is 24.6 Å². The molecular weight excluding hydrogens is 520 g/mol. The van der Waals surface area contributed by atoms with Crippen molar-refractivity contribution in [3.63, 3.8) is 0 Å². The van der Waals surface area contributed by atoms with Gasteiger partial charge in [-0.05, 0) is 59.7 Å². The molecule has 3 aromatic heterocycles. The molecule has 41 heavy (non-hydrogen) atoms. The average Bonchev–Trinajstić information content (AvgIpc) is 3.46. The Morgan fingerprint density at radius 3 is 2.63 bits per heavy atom. The summed E-state index contributed by atoms with van der Waals surface area (Å²) < 4.78 is 8.37. The summed E-state index contributed by atoms with van der Waals surface area (Å²) >= 11 is 0. The van der Waals surface area contributed by atoms with Crippen molar-refractivity contribution in [3.8, 4) is 23.1 Å². The Morgan fingerprint density at radius 1 is 1.10 bits per heavy atom. The van der Waals surface area contributed by atoms with Crippen LogP contribution in [0.15, 0.2) is 101 Å². The highest BCUT2D eigenvalue weighted by molar-refractivity contribution is 5.93. The predicted molar refractivity (Wildman–Crippen MR) is 155 cm³/mol. The molecule has 0 spiro atoms. The molecule has 0 unspecified atom stereocenters. The number of nitrogens with one attached hydrogen (secondary N) is 2. The van der Waals surface area contributed by atoms with Crippen LogP contribution in [0.1, 0.15) is 21.5 Å². The molecular formula is C31H26N6O4. The molecule has 5 aromatic rings. The van der Waals surface area contributed by atoms with Gasteiger partial charge in [-0.1, -0.05) is 24.3 Å². The Bertz CT molecular complexity index is 1880. The molecule has 0 fully saturated rings. The normalized spacial score (nSPS) is 10.7. The number of pyridine rings is 1. The fourth-order valence-electron chi connectivity index (χ4n) is 4.49. The number of aromatic nitrogens is 4. The summed E-state index contributed by atoms with van der Waals surface area (Å²) in [7, 11) is 0. The number of nitrogens with zero attached hydrogens (tertiary/aromatic N) is 4. The molecule has 0 bridgehead atoms. The molecule has 0 aliphatic carbocycles. The van der Waals surface area contributed by atoms with Gasteiger partial charge in [-0.15, -0.1) is 6.58 Å². The summed E-state index contributed by atoms with van der Waals surface area (Å²) in [6.07, 6.45) is 4.60. The number of amides is 1. The van der Waals surface area contributed by atoms with Crippen molar-refractivity contribution < 1.29 is 9.53 Å². The molecule has 2 aromatic carbocycles. The summed E-state index contributed by atoms with van der Waals surface area (Å²) in [5, 5.41) is 12.3. The highest BCUT2D eigenvalue weighted by atomic mass is 16.5. The maximum atomic E-state index is 13.4. The lowest BCUT2D eigenvalue weighted by Crippen LogP contribution is -2.40. The van der Waals surface area contributed by atoms with Crippen LogP contribution in [-0.4, -0.2) is 38.2 Å². The van der Waals surface area contributed by atoms with E-state index in [9.17, 15) is 19.6 Å². The first-order valence-electron chi connectivity index (χ1n) is 12.9. The number of benzene rings is 2. The molecule has 204 valence electrons.